The third-order valence-electron chi connectivity index (χ3n) is 1.82. The highest BCUT2D eigenvalue weighted by Crippen LogP contribution is 2.37. The number of aromatic nitrogens is 1. The van der Waals surface area contributed by atoms with Crippen LogP contribution in [0, 0.1) is 0 Å². The Kier molecular flexibility index (Phi) is 2.92. The van der Waals surface area contributed by atoms with Crippen LogP contribution in [0.15, 0.2) is 22.8 Å². The first kappa shape index (κ1) is 11.5. The van der Waals surface area contributed by atoms with Gasteiger partial charge in [0.15, 0.2) is 0 Å². The van der Waals surface area contributed by atoms with Gasteiger partial charge in [-0.2, -0.15) is 8.78 Å². The summed E-state index contributed by atoms with van der Waals surface area (Å²) in [5.74, 6) is -3.35. The SMILES string of the molecule is CC(C)(O)C(F)(F)c1ccc(Br)cn1. The predicted molar refractivity (Wildman–Crippen MR) is 52.1 cm³/mol. The Morgan fingerprint density at radius 3 is 2.29 bits per heavy atom. The van der Waals surface area contributed by atoms with E-state index in [2.05, 4.69) is 20.9 Å². The van der Waals surface area contributed by atoms with E-state index in [1.165, 1.54) is 18.3 Å². The molecule has 1 heterocycles. The van der Waals surface area contributed by atoms with Crippen LogP contribution in [0.3, 0.4) is 0 Å². The Balaban J connectivity index is 3.10. The molecule has 0 saturated carbocycles. The summed E-state index contributed by atoms with van der Waals surface area (Å²) in [6.45, 7) is 2.10. The summed E-state index contributed by atoms with van der Waals surface area (Å²) >= 11 is 3.09. The van der Waals surface area contributed by atoms with E-state index >= 15 is 0 Å². The summed E-state index contributed by atoms with van der Waals surface area (Å²) in [4.78, 5) is 3.56. The maximum absolute atomic E-state index is 13.5. The molecule has 0 saturated heterocycles. The molecule has 0 fully saturated rings. The molecule has 0 amide bonds. The summed E-state index contributed by atoms with van der Waals surface area (Å²) in [5.41, 5.74) is -2.55. The van der Waals surface area contributed by atoms with Gasteiger partial charge in [-0.25, -0.2) is 0 Å². The van der Waals surface area contributed by atoms with Gasteiger partial charge in [0.2, 0.25) is 0 Å². The fourth-order valence-electron chi connectivity index (χ4n) is 0.875. The van der Waals surface area contributed by atoms with Crippen molar-refractivity contribution in [2.45, 2.75) is 25.4 Å². The zero-order valence-electron chi connectivity index (χ0n) is 7.76. The molecule has 0 spiro atoms. The summed E-state index contributed by atoms with van der Waals surface area (Å²) in [6, 6.07) is 2.64. The zero-order valence-corrected chi connectivity index (χ0v) is 9.35. The van der Waals surface area contributed by atoms with E-state index in [0.717, 1.165) is 13.8 Å². The fourth-order valence-corrected chi connectivity index (χ4v) is 1.11. The molecule has 1 aromatic rings. The van der Waals surface area contributed by atoms with Gasteiger partial charge in [-0.15, -0.1) is 0 Å². The van der Waals surface area contributed by atoms with E-state index in [1.54, 1.807) is 0 Å². The minimum Gasteiger partial charge on any atom is -0.384 e. The van der Waals surface area contributed by atoms with Crippen molar-refractivity contribution >= 4 is 15.9 Å². The molecule has 0 atom stereocenters. The lowest BCUT2D eigenvalue weighted by Gasteiger charge is -2.28. The second-order valence-corrected chi connectivity index (χ2v) is 4.41. The number of rotatable bonds is 2. The predicted octanol–water partition coefficient (Wildman–Crippen LogP) is 2.71. The summed E-state index contributed by atoms with van der Waals surface area (Å²) in [5, 5.41) is 9.27. The van der Waals surface area contributed by atoms with E-state index in [9.17, 15) is 13.9 Å². The number of halogens is 3. The standard InChI is InChI=1S/C9H10BrF2NO/c1-8(2,14)9(11,12)7-4-3-6(10)5-13-7/h3-5,14H,1-2H3. The first-order valence-electron chi connectivity index (χ1n) is 3.97. The Morgan fingerprint density at radius 2 is 1.93 bits per heavy atom. The van der Waals surface area contributed by atoms with Gasteiger partial charge in [0.1, 0.15) is 11.3 Å². The van der Waals surface area contributed by atoms with E-state index in [0.29, 0.717) is 4.47 Å². The van der Waals surface area contributed by atoms with Crippen molar-refractivity contribution in [3.63, 3.8) is 0 Å². The van der Waals surface area contributed by atoms with Crippen molar-refractivity contribution in [2.75, 3.05) is 0 Å². The third-order valence-corrected chi connectivity index (χ3v) is 2.29. The molecule has 1 aromatic heterocycles. The quantitative estimate of drug-likeness (QED) is 0.892. The smallest absolute Gasteiger partial charge is 0.317 e. The number of hydrogen-bond donors (Lipinski definition) is 1. The Bertz CT molecular complexity index is 319. The molecule has 0 radical (unpaired) electrons. The summed E-state index contributed by atoms with van der Waals surface area (Å²) in [6.07, 6.45) is 1.27. The monoisotopic (exact) mass is 265 g/mol. The number of pyridine rings is 1. The molecule has 0 unspecified atom stereocenters. The topological polar surface area (TPSA) is 33.1 Å². The van der Waals surface area contributed by atoms with E-state index in [4.69, 9.17) is 0 Å². The van der Waals surface area contributed by atoms with Crippen LogP contribution >= 0.6 is 15.9 Å². The van der Waals surface area contributed by atoms with Crippen molar-refractivity contribution in [2.24, 2.45) is 0 Å². The molecular weight excluding hydrogens is 256 g/mol. The third kappa shape index (κ3) is 2.09. The molecule has 0 bridgehead atoms. The van der Waals surface area contributed by atoms with E-state index in [1.807, 2.05) is 0 Å². The summed E-state index contributed by atoms with van der Waals surface area (Å²) < 4.78 is 27.6. The highest BCUT2D eigenvalue weighted by molar-refractivity contribution is 9.10. The van der Waals surface area contributed by atoms with Crippen LogP contribution in [0.25, 0.3) is 0 Å². The van der Waals surface area contributed by atoms with Gasteiger partial charge >= 0.3 is 5.92 Å². The van der Waals surface area contributed by atoms with Crippen LogP contribution in [0.1, 0.15) is 19.5 Å². The maximum Gasteiger partial charge on any atom is 0.317 e. The number of aliphatic hydroxyl groups is 1. The molecule has 1 rings (SSSR count). The van der Waals surface area contributed by atoms with Gasteiger partial charge in [0, 0.05) is 10.7 Å². The van der Waals surface area contributed by atoms with Gasteiger partial charge in [0.05, 0.1) is 0 Å². The van der Waals surface area contributed by atoms with Crippen molar-refractivity contribution in [3.05, 3.63) is 28.5 Å². The Hall–Kier alpha value is -0.550. The molecule has 2 nitrogen and oxygen atoms in total. The zero-order chi connectivity index (χ0) is 11.0. The van der Waals surface area contributed by atoms with Gasteiger partial charge < -0.3 is 5.11 Å². The minimum atomic E-state index is -3.35. The average molecular weight is 266 g/mol. The van der Waals surface area contributed by atoms with Crippen molar-refractivity contribution in [1.29, 1.82) is 0 Å². The van der Waals surface area contributed by atoms with Crippen LogP contribution < -0.4 is 0 Å². The highest BCUT2D eigenvalue weighted by Gasteiger charge is 2.48. The van der Waals surface area contributed by atoms with Crippen LogP contribution in [0.5, 0.6) is 0 Å². The van der Waals surface area contributed by atoms with Crippen molar-refractivity contribution in [1.82, 2.24) is 4.98 Å². The minimum absolute atomic E-state index is 0.437. The number of alkyl halides is 2. The number of hydrogen-bond acceptors (Lipinski definition) is 2. The van der Waals surface area contributed by atoms with Crippen LogP contribution in [-0.2, 0) is 5.92 Å². The largest absolute Gasteiger partial charge is 0.384 e. The molecular formula is C9H10BrF2NO. The molecule has 0 aromatic carbocycles. The molecule has 78 valence electrons. The van der Waals surface area contributed by atoms with Crippen molar-refractivity contribution < 1.29 is 13.9 Å². The maximum atomic E-state index is 13.5. The van der Waals surface area contributed by atoms with Crippen LogP contribution in [0.4, 0.5) is 8.78 Å². The fraction of sp³-hybridized carbons (Fsp3) is 0.444. The number of nitrogens with zero attached hydrogens (tertiary/aromatic N) is 1. The van der Waals surface area contributed by atoms with Gasteiger partial charge in [-0.3, -0.25) is 4.98 Å². The molecule has 1 N–H and O–H groups in total. The highest BCUT2D eigenvalue weighted by atomic mass is 79.9. The lowest BCUT2D eigenvalue weighted by atomic mass is 9.97. The van der Waals surface area contributed by atoms with Gasteiger partial charge in [-0.1, -0.05) is 0 Å². The normalized spacial score (nSPS) is 13.0. The molecule has 5 heteroatoms. The van der Waals surface area contributed by atoms with Crippen LogP contribution in [0.2, 0.25) is 0 Å². The average Bonchev–Trinajstić information content (AvgIpc) is 2.03. The van der Waals surface area contributed by atoms with Gasteiger partial charge in [0.25, 0.3) is 0 Å². The second-order valence-electron chi connectivity index (χ2n) is 3.50. The lowest BCUT2D eigenvalue weighted by Crippen LogP contribution is -2.40. The molecule has 0 aliphatic rings. The van der Waals surface area contributed by atoms with Crippen LogP contribution in [-0.4, -0.2) is 15.7 Å². The van der Waals surface area contributed by atoms with Crippen molar-refractivity contribution in [3.8, 4) is 0 Å². The Labute approximate surface area is 89.1 Å². The summed E-state index contributed by atoms with van der Waals surface area (Å²) in [7, 11) is 0. The first-order valence-corrected chi connectivity index (χ1v) is 4.76. The second kappa shape index (κ2) is 3.55. The van der Waals surface area contributed by atoms with E-state index < -0.39 is 17.2 Å². The van der Waals surface area contributed by atoms with Gasteiger partial charge in [-0.05, 0) is 41.9 Å². The van der Waals surface area contributed by atoms with E-state index in [-0.39, 0.29) is 0 Å². The molecule has 14 heavy (non-hydrogen) atoms. The first-order chi connectivity index (χ1) is 6.25. The Morgan fingerprint density at radius 1 is 1.36 bits per heavy atom. The lowest BCUT2D eigenvalue weighted by molar-refractivity contribution is -0.171. The molecule has 0 aliphatic heterocycles. The molecule has 0 aliphatic carbocycles.